The lowest BCUT2D eigenvalue weighted by Gasteiger charge is -2.24. The van der Waals surface area contributed by atoms with E-state index in [4.69, 9.17) is 11.6 Å². The summed E-state index contributed by atoms with van der Waals surface area (Å²) < 4.78 is 0. The smallest absolute Gasteiger partial charge is 0.150 e. The molecule has 0 spiro atoms. The molecule has 0 bridgehead atoms. The lowest BCUT2D eigenvalue weighted by Crippen LogP contribution is -2.26. The molecule has 1 heterocycles. The molecule has 80 valence electrons. The maximum atomic E-state index is 10.6. The van der Waals surface area contributed by atoms with Crippen LogP contribution in [0.1, 0.15) is 30.1 Å². The first-order valence-corrected chi connectivity index (χ1v) is 5.61. The van der Waals surface area contributed by atoms with Crippen LogP contribution in [-0.2, 0) is 0 Å². The maximum Gasteiger partial charge on any atom is 0.150 e. The van der Waals surface area contributed by atoms with Crippen molar-refractivity contribution in [2.24, 2.45) is 0 Å². The van der Waals surface area contributed by atoms with E-state index in [0.29, 0.717) is 16.6 Å². The zero-order valence-electron chi connectivity index (χ0n) is 8.74. The quantitative estimate of drug-likeness (QED) is 0.718. The molecule has 1 aliphatic heterocycles. The fourth-order valence-electron chi connectivity index (χ4n) is 2.12. The van der Waals surface area contributed by atoms with Gasteiger partial charge in [0.1, 0.15) is 6.29 Å². The number of hydrogen-bond acceptors (Lipinski definition) is 2. The van der Waals surface area contributed by atoms with E-state index < -0.39 is 0 Å². The molecule has 2 nitrogen and oxygen atoms in total. The number of aldehydes is 1. The Morgan fingerprint density at radius 1 is 1.53 bits per heavy atom. The van der Waals surface area contributed by atoms with Crippen molar-refractivity contribution in [1.29, 1.82) is 0 Å². The lowest BCUT2D eigenvalue weighted by molar-refractivity contribution is 0.112. The molecule has 3 heteroatoms. The summed E-state index contributed by atoms with van der Waals surface area (Å²) in [5, 5.41) is 0.674. The van der Waals surface area contributed by atoms with Crippen molar-refractivity contribution in [1.82, 2.24) is 0 Å². The fourth-order valence-corrected chi connectivity index (χ4v) is 2.42. The van der Waals surface area contributed by atoms with Crippen molar-refractivity contribution < 1.29 is 4.79 Å². The number of halogens is 1. The average molecular weight is 224 g/mol. The van der Waals surface area contributed by atoms with Gasteiger partial charge in [0, 0.05) is 18.2 Å². The van der Waals surface area contributed by atoms with E-state index in [1.54, 1.807) is 6.07 Å². The Bertz CT molecular complexity index is 378. The molecule has 0 aromatic heterocycles. The van der Waals surface area contributed by atoms with E-state index in [1.165, 1.54) is 12.8 Å². The maximum absolute atomic E-state index is 10.6. The SMILES string of the molecule is CC1CCCN1c1ccc(C=O)cc1Cl. The molecule has 1 aromatic carbocycles. The van der Waals surface area contributed by atoms with Crippen LogP contribution in [0.2, 0.25) is 5.02 Å². The Hall–Kier alpha value is -1.02. The first kappa shape index (κ1) is 10.5. The van der Waals surface area contributed by atoms with Crippen LogP contribution in [0.25, 0.3) is 0 Å². The number of hydrogen-bond donors (Lipinski definition) is 0. The van der Waals surface area contributed by atoms with Crippen molar-refractivity contribution >= 4 is 23.6 Å². The van der Waals surface area contributed by atoms with E-state index in [2.05, 4.69) is 11.8 Å². The van der Waals surface area contributed by atoms with Crippen LogP contribution in [0.4, 0.5) is 5.69 Å². The van der Waals surface area contributed by atoms with E-state index in [-0.39, 0.29) is 0 Å². The third-order valence-corrected chi connectivity index (χ3v) is 3.27. The molecule has 0 amide bonds. The molecule has 1 aliphatic rings. The Kier molecular flexibility index (Phi) is 2.96. The van der Waals surface area contributed by atoms with Crippen LogP contribution >= 0.6 is 11.6 Å². The number of carbonyl (C=O) groups is 1. The van der Waals surface area contributed by atoms with Crippen LogP contribution < -0.4 is 4.90 Å². The van der Waals surface area contributed by atoms with Gasteiger partial charge in [0.2, 0.25) is 0 Å². The van der Waals surface area contributed by atoms with E-state index >= 15 is 0 Å². The topological polar surface area (TPSA) is 20.3 Å². The Labute approximate surface area is 94.8 Å². The molecule has 1 fully saturated rings. The fraction of sp³-hybridized carbons (Fsp3) is 0.417. The highest BCUT2D eigenvalue weighted by molar-refractivity contribution is 6.33. The highest BCUT2D eigenvalue weighted by Gasteiger charge is 2.22. The third-order valence-electron chi connectivity index (χ3n) is 2.97. The van der Waals surface area contributed by atoms with Crippen LogP contribution in [0, 0.1) is 0 Å². The van der Waals surface area contributed by atoms with Gasteiger partial charge in [0.05, 0.1) is 10.7 Å². The minimum absolute atomic E-state index is 0.546. The van der Waals surface area contributed by atoms with Gasteiger partial charge in [0.15, 0.2) is 0 Å². The van der Waals surface area contributed by atoms with Crippen LogP contribution in [-0.4, -0.2) is 18.9 Å². The van der Waals surface area contributed by atoms with Crippen LogP contribution in [0.3, 0.4) is 0 Å². The molecule has 2 rings (SSSR count). The Morgan fingerprint density at radius 2 is 2.33 bits per heavy atom. The first-order valence-electron chi connectivity index (χ1n) is 5.24. The standard InChI is InChI=1S/C12H14ClNO/c1-9-3-2-6-14(9)12-5-4-10(8-15)7-11(12)13/h4-5,7-9H,2-3,6H2,1H3. The van der Waals surface area contributed by atoms with Crippen molar-refractivity contribution in [3.05, 3.63) is 28.8 Å². The highest BCUT2D eigenvalue weighted by atomic mass is 35.5. The zero-order chi connectivity index (χ0) is 10.8. The minimum atomic E-state index is 0.546. The van der Waals surface area contributed by atoms with Gasteiger partial charge in [-0.3, -0.25) is 4.79 Å². The van der Waals surface area contributed by atoms with Crippen molar-refractivity contribution in [3.8, 4) is 0 Å². The molecule has 0 N–H and O–H groups in total. The van der Waals surface area contributed by atoms with E-state index in [0.717, 1.165) is 18.5 Å². The summed E-state index contributed by atoms with van der Waals surface area (Å²) in [6.07, 6.45) is 3.25. The summed E-state index contributed by atoms with van der Waals surface area (Å²) in [6.45, 7) is 3.26. The molecule has 1 atom stereocenters. The summed E-state index contributed by atoms with van der Waals surface area (Å²) in [6, 6.07) is 6.03. The molecule has 0 radical (unpaired) electrons. The van der Waals surface area contributed by atoms with Gasteiger partial charge in [-0.2, -0.15) is 0 Å². The van der Waals surface area contributed by atoms with Gasteiger partial charge >= 0.3 is 0 Å². The van der Waals surface area contributed by atoms with E-state index in [1.807, 2.05) is 12.1 Å². The molecule has 0 saturated carbocycles. The van der Waals surface area contributed by atoms with Crippen LogP contribution in [0.15, 0.2) is 18.2 Å². The normalized spacial score (nSPS) is 20.7. The third kappa shape index (κ3) is 2.00. The number of benzene rings is 1. The summed E-state index contributed by atoms with van der Waals surface area (Å²) in [7, 11) is 0. The van der Waals surface area contributed by atoms with Gasteiger partial charge in [-0.1, -0.05) is 11.6 Å². The number of carbonyl (C=O) groups excluding carboxylic acids is 1. The molecular formula is C12H14ClNO. The van der Waals surface area contributed by atoms with Crippen molar-refractivity contribution in [2.75, 3.05) is 11.4 Å². The molecule has 1 saturated heterocycles. The molecule has 1 unspecified atom stereocenters. The van der Waals surface area contributed by atoms with Gasteiger partial charge in [-0.05, 0) is 38.0 Å². The number of nitrogens with zero attached hydrogens (tertiary/aromatic N) is 1. The minimum Gasteiger partial charge on any atom is -0.368 e. The zero-order valence-corrected chi connectivity index (χ0v) is 9.50. The monoisotopic (exact) mass is 223 g/mol. The van der Waals surface area contributed by atoms with Crippen molar-refractivity contribution in [3.63, 3.8) is 0 Å². The number of anilines is 1. The average Bonchev–Trinajstić information content (AvgIpc) is 2.64. The molecule has 15 heavy (non-hydrogen) atoms. The van der Waals surface area contributed by atoms with Gasteiger partial charge < -0.3 is 4.90 Å². The highest BCUT2D eigenvalue weighted by Crippen LogP contribution is 2.32. The van der Waals surface area contributed by atoms with Gasteiger partial charge in [0.25, 0.3) is 0 Å². The predicted octanol–water partition coefficient (Wildman–Crippen LogP) is 3.14. The first-order chi connectivity index (χ1) is 7.22. The largest absolute Gasteiger partial charge is 0.368 e. The summed E-state index contributed by atoms with van der Waals surface area (Å²) in [5.41, 5.74) is 1.68. The summed E-state index contributed by atoms with van der Waals surface area (Å²) in [4.78, 5) is 12.9. The van der Waals surface area contributed by atoms with Crippen molar-refractivity contribution in [2.45, 2.75) is 25.8 Å². The predicted molar refractivity (Wildman–Crippen MR) is 62.9 cm³/mol. The van der Waals surface area contributed by atoms with Crippen LogP contribution in [0.5, 0.6) is 0 Å². The van der Waals surface area contributed by atoms with Gasteiger partial charge in [-0.15, -0.1) is 0 Å². The molecular weight excluding hydrogens is 210 g/mol. The Balaban J connectivity index is 2.32. The second-order valence-corrected chi connectivity index (χ2v) is 4.42. The molecule has 0 aliphatic carbocycles. The Morgan fingerprint density at radius 3 is 2.87 bits per heavy atom. The van der Waals surface area contributed by atoms with Gasteiger partial charge in [-0.25, -0.2) is 0 Å². The second kappa shape index (κ2) is 4.23. The number of rotatable bonds is 2. The summed E-state index contributed by atoms with van der Waals surface area (Å²) >= 11 is 6.15. The van der Waals surface area contributed by atoms with E-state index in [9.17, 15) is 4.79 Å². The summed E-state index contributed by atoms with van der Waals surface area (Å²) in [5.74, 6) is 0. The lowest BCUT2D eigenvalue weighted by atomic mass is 10.2. The second-order valence-electron chi connectivity index (χ2n) is 4.01. The molecule has 1 aromatic rings.